The van der Waals surface area contributed by atoms with E-state index in [9.17, 15) is 5.26 Å². The maximum absolute atomic E-state index is 10.6. The van der Waals surface area contributed by atoms with Crippen LogP contribution in [0.1, 0.15) is 141 Å². The average molecular weight is 574 g/mol. The van der Waals surface area contributed by atoms with Crippen LogP contribution in [0.2, 0.25) is 0 Å². The first kappa shape index (κ1) is 35.5. The molecule has 0 radical (unpaired) electrons. The van der Waals surface area contributed by atoms with Gasteiger partial charge >= 0.3 is 0 Å². The van der Waals surface area contributed by atoms with Crippen molar-refractivity contribution in [1.82, 2.24) is 0 Å². The molecule has 0 aliphatic carbocycles. The fourth-order valence-corrected chi connectivity index (χ4v) is 5.99. The third-order valence-corrected chi connectivity index (χ3v) is 8.80. The van der Waals surface area contributed by atoms with Gasteiger partial charge in [0, 0.05) is 7.05 Å². The minimum Gasteiger partial charge on any atom is -0.497 e. The Kier molecular flexibility index (Phi) is 16.5. The molecule has 232 valence electrons. The van der Waals surface area contributed by atoms with E-state index in [0.29, 0.717) is 0 Å². The van der Waals surface area contributed by atoms with E-state index < -0.39 is 5.41 Å². The highest BCUT2D eigenvalue weighted by Crippen LogP contribution is 2.37. The van der Waals surface area contributed by atoms with Gasteiger partial charge in [0.25, 0.3) is 0 Å². The standard InChI is InChI=1S/C38H59N3O/c1-7-8-9-10-11-12-13-14-15-16-28-38(31-39,34-19-17-21-36(30-34)42-6)29-18-20-35(41-40-5)27-24-32-22-25-33(26-23-32)37(2,3)4/h17,19,21-23,25-26,30,35H,7-16,18,20,24,27-29H2,1-6H3/b41-40+. The molecule has 0 bridgehead atoms. The molecule has 2 atom stereocenters. The molecule has 2 aromatic carbocycles. The zero-order valence-electron chi connectivity index (χ0n) is 27.8. The fourth-order valence-electron chi connectivity index (χ4n) is 5.99. The molecule has 0 saturated heterocycles. The summed E-state index contributed by atoms with van der Waals surface area (Å²) in [4.78, 5) is 0. The second-order valence-corrected chi connectivity index (χ2v) is 13.2. The van der Waals surface area contributed by atoms with Gasteiger partial charge in [-0.05, 0) is 72.8 Å². The first-order valence-electron chi connectivity index (χ1n) is 16.7. The van der Waals surface area contributed by atoms with E-state index in [1.807, 2.05) is 12.1 Å². The van der Waals surface area contributed by atoms with Gasteiger partial charge in [-0.1, -0.05) is 128 Å². The van der Waals surface area contributed by atoms with Crippen LogP contribution in [-0.4, -0.2) is 20.2 Å². The van der Waals surface area contributed by atoms with Crippen molar-refractivity contribution < 1.29 is 4.74 Å². The van der Waals surface area contributed by atoms with E-state index in [2.05, 4.69) is 80.4 Å². The summed E-state index contributed by atoms with van der Waals surface area (Å²) < 4.78 is 5.54. The first-order valence-corrected chi connectivity index (χ1v) is 16.7. The molecular formula is C38H59N3O. The van der Waals surface area contributed by atoms with Crippen LogP contribution in [-0.2, 0) is 17.3 Å². The lowest BCUT2D eigenvalue weighted by Crippen LogP contribution is -2.25. The highest BCUT2D eigenvalue weighted by molar-refractivity contribution is 5.38. The molecule has 0 aliphatic rings. The number of rotatable bonds is 21. The summed E-state index contributed by atoms with van der Waals surface area (Å²) in [6, 6.07) is 20.2. The number of benzene rings is 2. The minimum atomic E-state index is -0.495. The second kappa shape index (κ2) is 19.5. The quantitative estimate of drug-likeness (QED) is 0.110. The van der Waals surface area contributed by atoms with Crippen LogP contribution in [0.5, 0.6) is 5.75 Å². The number of methoxy groups -OCH3 is 1. The van der Waals surface area contributed by atoms with E-state index in [1.165, 1.54) is 68.9 Å². The Morgan fingerprint density at radius 3 is 1.98 bits per heavy atom. The third-order valence-electron chi connectivity index (χ3n) is 8.80. The topological polar surface area (TPSA) is 57.7 Å². The first-order chi connectivity index (χ1) is 20.3. The van der Waals surface area contributed by atoms with Crippen LogP contribution in [0, 0.1) is 11.3 Å². The van der Waals surface area contributed by atoms with Crippen molar-refractivity contribution in [3.05, 3.63) is 65.2 Å². The van der Waals surface area contributed by atoms with Gasteiger partial charge in [-0.3, -0.25) is 0 Å². The van der Waals surface area contributed by atoms with Crippen molar-refractivity contribution in [1.29, 1.82) is 5.26 Å². The van der Waals surface area contributed by atoms with E-state index in [1.54, 1.807) is 14.2 Å². The van der Waals surface area contributed by atoms with Crippen LogP contribution in [0.3, 0.4) is 0 Å². The maximum atomic E-state index is 10.6. The fraction of sp³-hybridized carbons (Fsp3) is 0.658. The van der Waals surface area contributed by atoms with Crippen molar-refractivity contribution in [2.24, 2.45) is 10.2 Å². The summed E-state index contributed by atoms with van der Waals surface area (Å²) in [6.45, 7) is 9.03. The van der Waals surface area contributed by atoms with Crippen LogP contribution in [0.25, 0.3) is 0 Å². The lowest BCUT2D eigenvalue weighted by atomic mass is 9.73. The van der Waals surface area contributed by atoms with Crippen LogP contribution in [0.4, 0.5) is 0 Å². The predicted molar refractivity (Wildman–Crippen MR) is 179 cm³/mol. The van der Waals surface area contributed by atoms with Gasteiger partial charge in [0.15, 0.2) is 0 Å². The zero-order chi connectivity index (χ0) is 30.7. The number of aryl methyl sites for hydroxylation is 1. The number of hydrogen-bond donors (Lipinski definition) is 0. The van der Waals surface area contributed by atoms with Crippen LogP contribution in [0.15, 0.2) is 58.8 Å². The van der Waals surface area contributed by atoms with Gasteiger partial charge in [0.2, 0.25) is 0 Å². The molecule has 0 aliphatic heterocycles. The summed E-state index contributed by atoms with van der Waals surface area (Å²) in [5, 5.41) is 19.4. The molecular weight excluding hydrogens is 514 g/mol. The third kappa shape index (κ3) is 12.7. The summed E-state index contributed by atoms with van der Waals surface area (Å²) in [5.74, 6) is 0.824. The van der Waals surface area contributed by atoms with E-state index in [-0.39, 0.29) is 11.5 Å². The molecule has 0 saturated carbocycles. The van der Waals surface area contributed by atoms with Crippen molar-refractivity contribution in [2.75, 3.05) is 14.2 Å². The van der Waals surface area contributed by atoms with E-state index in [0.717, 1.165) is 56.3 Å². The SMILES string of the molecule is CCCCCCCCCCCCC(C#N)(CCCC(CCc1ccc(C(C)(C)C)cc1)/N=N/C)c1cccc(OC)c1. The molecule has 0 aromatic heterocycles. The predicted octanol–water partition coefficient (Wildman–Crippen LogP) is 11.3. The van der Waals surface area contributed by atoms with Crippen molar-refractivity contribution >= 4 is 0 Å². The Morgan fingerprint density at radius 2 is 1.40 bits per heavy atom. The van der Waals surface area contributed by atoms with Gasteiger partial charge in [0.1, 0.15) is 5.75 Å². The summed E-state index contributed by atoms with van der Waals surface area (Å²) in [7, 11) is 3.47. The molecule has 0 heterocycles. The zero-order valence-corrected chi connectivity index (χ0v) is 27.8. The molecule has 4 heteroatoms. The maximum Gasteiger partial charge on any atom is 0.119 e. The lowest BCUT2D eigenvalue weighted by molar-refractivity contribution is 0.392. The van der Waals surface area contributed by atoms with Gasteiger partial charge < -0.3 is 4.74 Å². The largest absolute Gasteiger partial charge is 0.497 e. The summed E-state index contributed by atoms with van der Waals surface area (Å²) in [5.41, 5.74) is 3.48. The van der Waals surface area contributed by atoms with Crippen molar-refractivity contribution in [3.8, 4) is 11.8 Å². The number of azo groups is 1. The highest BCUT2D eigenvalue weighted by atomic mass is 16.5. The molecule has 0 amide bonds. The number of unbranched alkanes of at least 4 members (excludes halogenated alkanes) is 9. The molecule has 2 aromatic rings. The van der Waals surface area contributed by atoms with Gasteiger partial charge in [-0.25, -0.2) is 0 Å². The summed E-state index contributed by atoms with van der Waals surface area (Å²) >= 11 is 0. The van der Waals surface area contributed by atoms with Crippen molar-refractivity contribution in [2.45, 2.75) is 147 Å². The number of nitrogens with zero attached hydrogens (tertiary/aromatic N) is 3. The van der Waals surface area contributed by atoms with Gasteiger partial charge in [0.05, 0.1) is 24.6 Å². The molecule has 0 N–H and O–H groups in total. The number of hydrogen-bond acceptors (Lipinski definition) is 4. The monoisotopic (exact) mass is 573 g/mol. The van der Waals surface area contributed by atoms with Gasteiger partial charge in [-0.2, -0.15) is 15.5 Å². The van der Waals surface area contributed by atoms with E-state index >= 15 is 0 Å². The van der Waals surface area contributed by atoms with Crippen LogP contribution < -0.4 is 4.74 Å². The number of ether oxygens (including phenoxy) is 1. The Labute approximate surface area is 258 Å². The average Bonchev–Trinajstić information content (AvgIpc) is 2.99. The molecule has 42 heavy (non-hydrogen) atoms. The normalized spacial score (nSPS) is 14.0. The molecule has 2 unspecified atom stereocenters. The lowest BCUT2D eigenvalue weighted by Gasteiger charge is -2.28. The molecule has 0 fully saturated rings. The Morgan fingerprint density at radius 1 is 0.786 bits per heavy atom. The van der Waals surface area contributed by atoms with E-state index in [4.69, 9.17) is 4.74 Å². The van der Waals surface area contributed by atoms with Gasteiger partial charge in [-0.15, -0.1) is 0 Å². The smallest absolute Gasteiger partial charge is 0.119 e. The molecule has 4 nitrogen and oxygen atoms in total. The second-order valence-electron chi connectivity index (χ2n) is 13.2. The Bertz CT molecular complexity index is 1060. The van der Waals surface area contributed by atoms with Crippen LogP contribution >= 0.6 is 0 Å². The highest BCUT2D eigenvalue weighted by Gasteiger charge is 2.32. The summed E-state index contributed by atoms with van der Waals surface area (Å²) in [6.07, 6.45) is 18.6. The Balaban J connectivity index is 1.96. The molecule has 2 rings (SSSR count). The number of nitriles is 1. The minimum absolute atomic E-state index is 0.168. The Hall–Kier alpha value is -2.67. The molecule has 0 spiro atoms. The van der Waals surface area contributed by atoms with Crippen molar-refractivity contribution in [3.63, 3.8) is 0 Å².